The molecule has 2 rings (SSSR count). The standard InChI is InChI=1S/C10H9ClN4O.H2O/c11-10-4-8(13-5-14-10)6-1-2-7(12)9(3-6)15-16;/h1-5H,12,15H2;1H2. The Balaban J connectivity index is 0.00000144. The Morgan fingerprint density at radius 2 is 2.00 bits per heavy atom. The molecule has 0 spiro atoms. The highest BCUT2D eigenvalue weighted by Gasteiger charge is 2.05. The Bertz CT molecular complexity index is 521. The molecule has 7 heteroatoms. The molecule has 0 unspecified atom stereocenters. The number of hydrogen-bond donors (Lipinski definition) is 2. The van der Waals surface area contributed by atoms with Crippen LogP contribution in [0.2, 0.25) is 5.15 Å². The molecule has 0 bridgehead atoms. The van der Waals surface area contributed by atoms with Crippen molar-refractivity contribution in [2.75, 3.05) is 5.73 Å². The molecule has 0 amide bonds. The summed E-state index contributed by atoms with van der Waals surface area (Å²) in [5.41, 5.74) is 8.64. The lowest BCUT2D eigenvalue weighted by Crippen LogP contribution is -2.70. The average Bonchev–Trinajstić information content (AvgIpc) is 2.29. The molecule has 6 N–H and O–H groups in total. The van der Waals surface area contributed by atoms with Crippen LogP contribution in [0.25, 0.3) is 11.3 Å². The van der Waals surface area contributed by atoms with Crippen molar-refractivity contribution in [3.8, 4) is 11.3 Å². The van der Waals surface area contributed by atoms with Crippen LogP contribution >= 0.6 is 11.6 Å². The van der Waals surface area contributed by atoms with Gasteiger partial charge in [-0.05, 0) is 6.07 Å². The molecule has 0 radical (unpaired) electrons. The monoisotopic (exact) mass is 254 g/mol. The van der Waals surface area contributed by atoms with Crippen molar-refractivity contribution in [2.45, 2.75) is 0 Å². The second kappa shape index (κ2) is 5.55. The quantitative estimate of drug-likeness (QED) is 0.453. The Morgan fingerprint density at radius 1 is 1.24 bits per heavy atom. The van der Waals surface area contributed by atoms with E-state index in [9.17, 15) is 5.21 Å². The summed E-state index contributed by atoms with van der Waals surface area (Å²) in [5.74, 6) is 0. The molecule has 0 atom stereocenters. The number of benzene rings is 1. The molecule has 1 heterocycles. The van der Waals surface area contributed by atoms with Gasteiger partial charge >= 0.3 is 0 Å². The predicted molar refractivity (Wildman–Crippen MR) is 65.5 cm³/mol. The summed E-state index contributed by atoms with van der Waals surface area (Å²) >= 11 is 5.75. The molecule has 0 fully saturated rings. The average molecular weight is 255 g/mol. The zero-order valence-corrected chi connectivity index (χ0v) is 9.48. The fraction of sp³-hybridized carbons (Fsp3) is 0. The number of anilines is 1. The third-order valence-electron chi connectivity index (χ3n) is 2.14. The van der Waals surface area contributed by atoms with Gasteiger partial charge < -0.3 is 21.9 Å². The first-order valence-electron chi connectivity index (χ1n) is 4.53. The van der Waals surface area contributed by atoms with Crippen LogP contribution in [0.4, 0.5) is 11.4 Å². The summed E-state index contributed by atoms with van der Waals surface area (Å²) in [6.45, 7) is 0. The van der Waals surface area contributed by atoms with Crippen LogP contribution in [0.5, 0.6) is 0 Å². The van der Waals surface area contributed by atoms with E-state index in [0.29, 0.717) is 27.7 Å². The zero-order valence-electron chi connectivity index (χ0n) is 8.72. The van der Waals surface area contributed by atoms with Crippen molar-refractivity contribution < 1.29 is 11.0 Å². The molecule has 17 heavy (non-hydrogen) atoms. The third-order valence-corrected chi connectivity index (χ3v) is 2.35. The SMILES string of the molecule is Nc1ccc(-c2cc(Cl)ncn2)cc1[NH2+][O-].O. The number of nitrogens with zero attached hydrogens (tertiary/aromatic N) is 2. The minimum atomic E-state index is 0. The molecule has 1 aromatic carbocycles. The minimum absolute atomic E-state index is 0. The summed E-state index contributed by atoms with van der Waals surface area (Å²) in [6.07, 6.45) is 1.37. The van der Waals surface area contributed by atoms with Crippen LogP contribution in [0.3, 0.4) is 0 Å². The molecule has 0 aliphatic carbocycles. The fourth-order valence-electron chi connectivity index (χ4n) is 1.33. The van der Waals surface area contributed by atoms with Gasteiger partial charge in [0.25, 0.3) is 0 Å². The zero-order chi connectivity index (χ0) is 11.5. The first-order valence-corrected chi connectivity index (χ1v) is 4.91. The van der Waals surface area contributed by atoms with E-state index in [1.807, 2.05) is 0 Å². The lowest BCUT2D eigenvalue weighted by atomic mass is 10.1. The summed E-state index contributed by atoms with van der Waals surface area (Å²) in [5, 5.41) is 11.1. The number of aromatic nitrogens is 2. The molecular weight excluding hydrogens is 244 g/mol. The maximum Gasteiger partial charge on any atom is 0.153 e. The largest absolute Gasteiger partial charge is 0.630 e. The Kier molecular flexibility index (Phi) is 4.36. The second-order valence-electron chi connectivity index (χ2n) is 3.19. The summed E-state index contributed by atoms with van der Waals surface area (Å²) in [7, 11) is 0. The van der Waals surface area contributed by atoms with Gasteiger partial charge in [0.1, 0.15) is 11.5 Å². The van der Waals surface area contributed by atoms with E-state index in [2.05, 4.69) is 9.97 Å². The van der Waals surface area contributed by atoms with Gasteiger partial charge in [0, 0.05) is 17.7 Å². The highest BCUT2D eigenvalue weighted by molar-refractivity contribution is 6.29. The van der Waals surface area contributed by atoms with Gasteiger partial charge in [-0.2, -0.15) is 0 Å². The molecular formula is C10H11ClN4O2. The number of hydrogen-bond acceptors (Lipinski definition) is 4. The lowest BCUT2D eigenvalue weighted by Gasteiger charge is -2.07. The van der Waals surface area contributed by atoms with Crippen molar-refractivity contribution in [1.29, 1.82) is 0 Å². The van der Waals surface area contributed by atoms with Crippen LogP contribution in [-0.4, -0.2) is 15.4 Å². The van der Waals surface area contributed by atoms with E-state index in [4.69, 9.17) is 17.3 Å². The highest BCUT2D eigenvalue weighted by Crippen LogP contribution is 2.23. The van der Waals surface area contributed by atoms with E-state index in [1.165, 1.54) is 6.33 Å². The maximum atomic E-state index is 10.7. The molecule has 2 aromatic rings. The molecule has 0 saturated heterocycles. The van der Waals surface area contributed by atoms with E-state index in [0.717, 1.165) is 5.56 Å². The van der Waals surface area contributed by atoms with E-state index in [1.54, 1.807) is 24.3 Å². The number of rotatable bonds is 2. The van der Waals surface area contributed by atoms with Gasteiger partial charge in [-0.15, -0.1) is 0 Å². The molecule has 1 aromatic heterocycles. The summed E-state index contributed by atoms with van der Waals surface area (Å²) in [6, 6.07) is 6.73. The van der Waals surface area contributed by atoms with Gasteiger partial charge in [0.15, 0.2) is 5.69 Å². The molecule has 90 valence electrons. The molecule has 0 saturated carbocycles. The summed E-state index contributed by atoms with van der Waals surface area (Å²) in [4.78, 5) is 7.85. The maximum absolute atomic E-state index is 10.7. The normalized spacial score (nSPS) is 9.76. The molecule has 0 aliphatic heterocycles. The van der Waals surface area contributed by atoms with E-state index < -0.39 is 0 Å². The van der Waals surface area contributed by atoms with Crippen LogP contribution < -0.4 is 11.2 Å². The van der Waals surface area contributed by atoms with Crippen molar-refractivity contribution in [3.05, 3.63) is 41.0 Å². The molecule has 0 aliphatic rings. The van der Waals surface area contributed by atoms with Crippen molar-refractivity contribution >= 4 is 23.0 Å². The van der Waals surface area contributed by atoms with E-state index >= 15 is 0 Å². The fourth-order valence-corrected chi connectivity index (χ4v) is 1.47. The number of halogens is 1. The number of nitrogens with two attached hydrogens (primary N) is 2. The van der Waals surface area contributed by atoms with Gasteiger partial charge in [-0.25, -0.2) is 9.97 Å². The smallest absolute Gasteiger partial charge is 0.153 e. The first-order chi connectivity index (χ1) is 7.70. The Hall–Kier alpha value is -1.73. The Labute approximate surface area is 102 Å². The van der Waals surface area contributed by atoms with E-state index in [-0.39, 0.29) is 5.48 Å². The Morgan fingerprint density at radius 3 is 2.65 bits per heavy atom. The molecule has 6 nitrogen and oxygen atoms in total. The summed E-state index contributed by atoms with van der Waals surface area (Å²) < 4.78 is 0. The second-order valence-corrected chi connectivity index (χ2v) is 3.57. The van der Waals surface area contributed by atoms with Gasteiger partial charge in [0.2, 0.25) is 0 Å². The van der Waals surface area contributed by atoms with Crippen LogP contribution in [0, 0.1) is 5.21 Å². The van der Waals surface area contributed by atoms with Crippen molar-refractivity contribution in [1.82, 2.24) is 9.97 Å². The van der Waals surface area contributed by atoms with Crippen molar-refractivity contribution in [3.63, 3.8) is 0 Å². The minimum Gasteiger partial charge on any atom is -0.630 e. The third kappa shape index (κ3) is 2.89. The van der Waals surface area contributed by atoms with Gasteiger partial charge in [-0.3, -0.25) is 0 Å². The lowest BCUT2D eigenvalue weighted by molar-refractivity contribution is -0.496. The highest BCUT2D eigenvalue weighted by atomic mass is 35.5. The predicted octanol–water partition coefficient (Wildman–Crippen LogP) is 0.247. The van der Waals surface area contributed by atoms with Crippen LogP contribution in [0.15, 0.2) is 30.6 Å². The number of quaternary nitrogens is 1. The van der Waals surface area contributed by atoms with Crippen molar-refractivity contribution in [2.24, 2.45) is 0 Å². The number of nitrogen functional groups attached to an aromatic ring is 1. The van der Waals surface area contributed by atoms with Gasteiger partial charge in [-0.1, -0.05) is 17.7 Å². The first kappa shape index (κ1) is 13.3. The topological polar surface area (TPSA) is 123 Å². The van der Waals surface area contributed by atoms with Gasteiger partial charge in [0.05, 0.1) is 11.4 Å². The van der Waals surface area contributed by atoms with Crippen LogP contribution in [-0.2, 0) is 0 Å². The van der Waals surface area contributed by atoms with Crippen LogP contribution in [0.1, 0.15) is 0 Å².